The number of methoxy groups -OCH3 is 1. The molecule has 0 aliphatic rings. The van der Waals surface area contributed by atoms with Gasteiger partial charge in [-0.2, -0.15) is 5.10 Å². The zero-order valence-corrected chi connectivity index (χ0v) is 14.1. The Kier molecular flexibility index (Phi) is 5.62. The molecule has 2 N–H and O–H groups in total. The number of nitrogens with one attached hydrogen (secondary N) is 2. The SMILES string of the molecule is COc1cccc(CNC(=O)NCCc2c(C)nn(C)c2C)c1. The van der Waals surface area contributed by atoms with Gasteiger partial charge in [-0.1, -0.05) is 12.1 Å². The van der Waals surface area contributed by atoms with Crippen molar-refractivity contribution in [3.8, 4) is 5.75 Å². The quantitative estimate of drug-likeness (QED) is 0.857. The molecular formula is C17H24N4O2. The normalized spacial score (nSPS) is 10.4. The van der Waals surface area contributed by atoms with Crippen LogP contribution in [0.1, 0.15) is 22.5 Å². The summed E-state index contributed by atoms with van der Waals surface area (Å²) in [7, 11) is 3.56. The fourth-order valence-electron chi connectivity index (χ4n) is 2.51. The molecule has 0 fully saturated rings. The van der Waals surface area contributed by atoms with Crippen LogP contribution in [0.2, 0.25) is 0 Å². The van der Waals surface area contributed by atoms with Crippen molar-refractivity contribution in [3.63, 3.8) is 0 Å². The topological polar surface area (TPSA) is 68.2 Å². The first kappa shape index (κ1) is 16.9. The van der Waals surface area contributed by atoms with Crippen molar-refractivity contribution >= 4 is 6.03 Å². The van der Waals surface area contributed by atoms with Gasteiger partial charge in [-0.3, -0.25) is 4.68 Å². The Hall–Kier alpha value is -2.50. The van der Waals surface area contributed by atoms with Gasteiger partial charge in [0.2, 0.25) is 0 Å². The Morgan fingerprint density at radius 1 is 1.30 bits per heavy atom. The molecule has 23 heavy (non-hydrogen) atoms. The number of benzene rings is 1. The molecule has 0 saturated heterocycles. The molecule has 1 aromatic heterocycles. The van der Waals surface area contributed by atoms with Gasteiger partial charge in [0.25, 0.3) is 0 Å². The number of aryl methyl sites for hydroxylation is 2. The van der Waals surface area contributed by atoms with E-state index >= 15 is 0 Å². The minimum Gasteiger partial charge on any atom is -0.497 e. The van der Waals surface area contributed by atoms with Crippen LogP contribution < -0.4 is 15.4 Å². The highest BCUT2D eigenvalue weighted by Gasteiger charge is 2.09. The lowest BCUT2D eigenvalue weighted by Crippen LogP contribution is -2.36. The van der Waals surface area contributed by atoms with Crippen LogP contribution in [0.5, 0.6) is 5.75 Å². The van der Waals surface area contributed by atoms with Crippen LogP contribution in [0.4, 0.5) is 4.79 Å². The Bertz CT molecular complexity index is 679. The van der Waals surface area contributed by atoms with Crippen LogP contribution in [-0.2, 0) is 20.0 Å². The summed E-state index contributed by atoms with van der Waals surface area (Å²) in [5, 5.41) is 10.1. The monoisotopic (exact) mass is 316 g/mol. The molecule has 0 spiro atoms. The molecule has 0 aliphatic heterocycles. The molecule has 2 aromatic rings. The average Bonchev–Trinajstić information content (AvgIpc) is 2.79. The van der Waals surface area contributed by atoms with E-state index < -0.39 is 0 Å². The highest BCUT2D eigenvalue weighted by molar-refractivity contribution is 5.73. The van der Waals surface area contributed by atoms with Crippen LogP contribution >= 0.6 is 0 Å². The molecule has 6 nitrogen and oxygen atoms in total. The van der Waals surface area contributed by atoms with Gasteiger partial charge < -0.3 is 15.4 Å². The number of hydrogen-bond donors (Lipinski definition) is 2. The van der Waals surface area contributed by atoms with Crippen molar-refractivity contribution in [2.45, 2.75) is 26.8 Å². The number of hydrogen-bond acceptors (Lipinski definition) is 3. The molecular weight excluding hydrogens is 292 g/mol. The van der Waals surface area contributed by atoms with Crippen LogP contribution in [0, 0.1) is 13.8 Å². The van der Waals surface area contributed by atoms with Gasteiger partial charge in [0, 0.05) is 25.8 Å². The van der Waals surface area contributed by atoms with Gasteiger partial charge in [-0.25, -0.2) is 4.79 Å². The fraction of sp³-hybridized carbons (Fsp3) is 0.412. The maximum absolute atomic E-state index is 11.9. The van der Waals surface area contributed by atoms with E-state index in [2.05, 4.69) is 15.7 Å². The van der Waals surface area contributed by atoms with Crippen LogP contribution in [0.3, 0.4) is 0 Å². The smallest absolute Gasteiger partial charge is 0.315 e. The molecule has 1 heterocycles. The van der Waals surface area contributed by atoms with Gasteiger partial charge in [0.1, 0.15) is 5.75 Å². The Balaban J connectivity index is 1.77. The molecule has 0 unspecified atom stereocenters. The Morgan fingerprint density at radius 3 is 2.74 bits per heavy atom. The predicted molar refractivity (Wildman–Crippen MR) is 89.6 cm³/mol. The minimum atomic E-state index is -0.174. The highest BCUT2D eigenvalue weighted by Crippen LogP contribution is 2.12. The summed E-state index contributed by atoms with van der Waals surface area (Å²) in [4.78, 5) is 11.9. The van der Waals surface area contributed by atoms with Crippen LogP contribution in [0.25, 0.3) is 0 Å². The van der Waals surface area contributed by atoms with Crippen molar-refractivity contribution in [2.75, 3.05) is 13.7 Å². The minimum absolute atomic E-state index is 0.174. The van der Waals surface area contributed by atoms with E-state index in [1.807, 2.05) is 49.8 Å². The van der Waals surface area contributed by atoms with Gasteiger partial charge in [0.15, 0.2) is 0 Å². The van der Waals surface area contributed by atoms with Gasteiger partial charge >= 0.3 is 6.03 Å². The number of carbonyl (C=O) groups excluding carboxylic acids is 1. The van der Waals surface area contributed by atoms with E-state index in [0.29, 0.717) is 13.1 Å². The molecule has 0 saturated carbocycles. The van der Waals surface area contributed by atoms with Crippen molar-refractivity contribution in [1.29, 1.82) is 0 Å². The van der Waals surface area contributed by atoms with Crippen molar-refractivity contribution in [2.24, 2.45) is 7.05 Å². The second-order valence-corrected chi connectivity index (χ2v) is 5.48. The molecule has 0 bridgehead atoms. The van der Waals surface area contributed by atoms with E-state index in [0.717, 1.165) is 29.1 Å². The maximum Gasteiger partial charge on any atom is 0.315 e. The van der Waals surface area contributed by atoms with Crippen molar-refractivity contribution in [3.05, 3.63) is 46.8 Å². The largest absolute Gasteiger partial charge is 0.497 e. The van der Waals surface area contributed by atoms with Crippen LogP contribution in [-0.4, -0.2) is 29.5 Å². The lowest BCUT2D eigenvalue weighted by Gasteiger charge is -2.09. The molecule has 0 atom stereocenters. The van der Waals surface area contributed by atoms with E-state index in [-0.39, 0.29) is 6.03 Å². The number of carbonyl (C=O) groups is 1. The summed E-state index contributed by atoms with van der Waals surface area (Å²) in [6.07, 6.45) is 0.776. The van der Waals surface area contributed by atoms with Gasteiger partial charge in [-0.05, 0) is 43.5 Å². The first-order valence-corrected chi connectivity index (χ1v) is 7.65. The van der Waals surface area contributed by atoms with E-state index in [1.54, 1.807) is 7.11 Å². The number of amides is 2. The molecule has 2 amide bonds. The van der Waals surface area contributed by atoms with Crippen LogP contribution in [0.15, 0.2) is 24.3 Å². The molecule has 2 rings (SSSR count). The number of ether oxygens (including phenoxy) is 1. The highest BCUT2D eigenvalue weighted by atomic mass is 16.5. The third kappa shape index (κ3) is 4.48. The van der Waals surface area contributed by atoms with Gasteiger partial charge in [0.05, 0.1) is 12.8 Å². The van der Waals surface area contributed by atoms with E-state index in [1.165, 1.54) is 5.56 Å². The predicted octanol–water partition coefficient (Wildman–Crippen LogP) is 2.09. The number of rotatable bonds is 6. The zero-order chi connectivity index (χ0) is 16.8. The summed E-state index contributed by atoms with van der Waals surface area (Å²) in [6.45, 7) is 5.08. The van der Waals surface area contributed by atoms with Gasteiger partial charge in [-0.15, -0.1) is 0 Å². The van der Waals surface area contributed by atoms with E-state index in [9.17, 15) is 4.79 Å². The first-order valence-electron chi connectivity index (χ1n) is 7.65. The van der Waals surface area contributed by atoms with E-state index in [4.69, 9.17) is 4.74 Å². The summed E-state index contributed by atoms with van der Waals surface area (Å²) in [5.41, 5.74) is 4.35. The lowest BCUT2D eigenvalue weighted by molar-refractivity contribution is 0.240. The third-order valence-electron chi connectivity index (χ3n) is 3.91. The lowest BCUT2D eigenvalue weighted by atomic mass is 10.1. The van der Waals surface area contributed by atoms with Crippen molar-refractivity contribution < 1.29 is 9.53 Å². The summed E-state index contributed by atoms with van der Waals surface area (Å²) in [6, 6.07) is 7.46. The second kappa shape index (κ2) is 7.67. The molecule has 6 heteroatoms. The number of nitrogens with zero attached hydrogens (tertiary/aromatic N) is 2. The molecule has 0 radical (unpaired) electrons. The summed E-state index contributed by atoms with van der Waals surface area (Å²) in [5.74, 6) is 0.784. The third-order valence-corrected chi connectivity index (χ3v) is 3.91. The molecule has 0 aliphatic carbocycles. The number of urea groups is 1. The molecule has 124 valence electrons. The zero-order valence-electron chi connectivity index (χ0n) is 14.1. The summed E-state index contributed by atoms with van der Waals surface area (Å²) >= 11 is 0. The summed E-state index contributed by atoms with van der Waals surface area (Å²) < 4.78 is 7.03. The Labute approximate surface area is 136 Å². The Morgan fingerprint density at radius 2 is 2.09 bits per heavy atom. The standard InChI is InChI=1S/C17H24N4O2/c1-12-16(13(2)21(3)20-12)8-9-18-17(22)19-11-14-6-5-7-15(10-14)23-4/h5-7,10H,8-9,11H2,1-4H3,(H2,18,19,22). The fourth-order valence-corrected chi connectivity index (χ4v) is 2.51. The maximum atomic E-state index is 11.9. The first-order chi connectivity index (χ1) is 11.0. The average molecular weight is 316 g/mol. The van der Waals surface area contributed by atoms with Crippen molar-refractivity contribution in [1.82, 2.24) is 20.4 Å². The molecule has 1 aromatic carbocycles. The number of aromatic nitrogens is 2. The second-order valence-electron chi connectivity index (χ2n) is 5.48.